The van der Waals surface area contributed by atoms with Gasteiger partial charge in [-0.25, -0.2) is 0 Å². The zero-order valence-corrected chi connectivity index (χ0v) is 13.6. The first-order valence-corrected chi connectivity index (χ1v) is 7.74. The van der Waals surface area contributed by atoms with E-state index in [2.05, 4.69) is 36.2 Å². The summed E-state index contributed by atoms with van der Waals surface area (Å²) in [6.07, 6.45) is 0. The van der Waals surface area contributed by atoms with Gasteiger partial charge in [-0.05, 0) is 43.3 Å². The fourth-order valence-corrected chi connectivity index (χ4v) is 2.65. The highest BCUT2D eigenvalue weighted by molar-refractivity contribution is 5.94. The minimum Gasteiger partial charge on any atom is -0.337 e. The van der Waals surface area contributed by atoms with Crippen LogP contribution in [0.3, 0.4) is 0 Å². The van der Waals surface area contributed by atoms with Crippen molar-refractivity contribution in [1.29, 1.82) is 0 Å². The van der Waals surface area contributed by atoms with Crippen LogP contribution in [0.15, 0.2) is 18.2 Å². The third-order valence-corrected chi connectivity index (χ3v) is 3.77. The van der Waals surface area contributed by atoms with Crippen molar-refractivity contribution in [3.05, 3.63) is 34.9 Å². The lowest BCUT2D eigenvalue weighted by Gasteiger charge is -2.26. The highest BCUT2D eigenvalue weighted by Gasteiger charge is 2.19. The van der Waals surface area contributed by atoms with E-state index in [1.54, 1.807) is 0 Å². The van der Waals surface area contributed by atoms with Crippen LogP contribution in [-0.2, 0) is 13.1 Å². The molecular formula is C17H27N3O. The molecule has 4 heteroatoms. The Bertz CT molecular complexity index is 497. The van der Waals surface area contributed by atoms with E-state index >= 15 is 0 Å². The van der Waals surface area contributed by atoms with Gasteiger partial charge >= 0.3 is 0 Å². The van der Waals surface area contributed by atoms with Crippen molar-refractivity contribution in [2.45, 2.75) is 26.9 Å². The smallest absolute Gasteiger partial charge is 0.253 e. The van der Waals surface area contributed by atoms with E-state index < -0.39 is 0 Å². The Morgan fingerprint density at radius 2 is 1.90 bits per heavy atom. The van der Waals surface area contributed by atoms with Crippen molar-refractivity contribution in [2.24, 2.45) is 5.92 Å². The summed E-state index contributed by atoms with van der Waals surface area (Å²) < 4.78 is 0. The molecule has 1 aromatic carbocycles. The van der Waals surface area contributed by atoms with Crippen LogP contribution in [-0.4, -0.2) is 49.4 Å². The molecule has 1 aliphatic rings. The molecular weight excluding hydrogens is 262 g/mol. The van der Waals surface area contributed by atoms with Crippen molar-refractivity contribution in [1.82, 2.24) is 15.1 Å². The second kappa shape index (κ2) is 7.05. The van der Waals surface area contributed by atoms with E-state index in [4.69, 9.17) is 0 Å². The van der Waals surface area contributed by atoms with E-state index in [1.807, 2.05) is 25.1 Å². The maximum absolute atomic E-state index is 12.8. The number of nitrogens with one attached hydrogen (secondary N) is 1. The van der Waals surface area contributed by atoms with Crippen LogP contribution < -0.4 is 5.32 Å². The number of rotatable bonds is 6. The molecule has 4 nitrogen and oxygen atoms in total. The Hall–Kier alpha value is -1.39. The largest absolute Gasteiger partial charge is 0.337 e. The number of amides is 1. The van der Waals surface area contributed by atoms with Gasteiger partial charge in [0.1, 0.15) is 0 Å². The van der Waals surface area contributed by atoms with Gasteiger partial charge in [-0.1, -0.05) is 19.9 Å². The third-order valence-electron chi connectivity index (χ3n) is 3.77. The summed E-state index contributed by atoms with van der Waals surface area (Å²) in [6, 6.07) is 6.11. The van der Waals surface area contributed by atoms with Crippen molar-refractivity contribution in [3.63, 3.8) is 0 Å². The number of hydrogen-bond acceptors (Lipinski definition) is 3. The Kier molecular flexibility index (Phi) is 5.37. The van der Waals surface area contributed by atoms with Gasteiger partial charge in [0.15, 0.2) is 0 Å². The minimum atomic E-state index is 0.153. The van der Waals surface area contributed by atoms with Gasteiger partial charge in [-0.2, -0.15) is 0 Å². The zero-order valence-electron chi connectivity index (χ0n) is 13.6. The van der Waals surface area contributed by atoms with Gasteiger partial charge in [-0.3, -0.25) is 4.79 Å². The van der Waals surface area contributed by atoms with E-state index in [0.29, 0.717) is 5.92 Å². The van der Waals surface area contributed by atoms with Crippen LogP contribution in [0.1, 0.15) is 35.3 Å². The number of carbonyl (C=O) groups is 1. The first-order chi connectivity index (χ1) is 9.97. The topological polar surface area (TPSA) is 35.6 Å². The molecule has 2 rings (SSSR count). The monoisotopic (exact) mass is 289 g/mol. The molecule has 0 atom stereocenters. The molecule has 21 heavy (non-hydrogen) atoms. The summed E-state index contributed by atoms with van der Waals surface area (Å²) in [5.74, 6) is 0.632. The van der Waals surface area contributed by atoms with E-state index in [0.717, 1.165) is 38.3 Å². The van der Waals surface area contributed by atoms with Crippen molar-refractivity contribution >= 4 is 5.91 Å². The molecule has 0 saturated carbocycles. The van der Waals surface area contributed by atoms with Crippen molar-refractivity contribution in [2.75, 3.05) is 33.7 Å². The summed E-state index contributed by atoms with van der Waals surface area (Å²) in [7, 11) is 4.08. The first kappa shape index (κ1) is 16.0. The second-order valence-corrected chi connectivity index (χ2v) is 6.54. The maximum Gasteiger partial charge on any atom is 0.253 e. The predicted octanol–water partition coefficient (Wildman–Crippen LogP) is 1.95. The summed E-state index contributed by atoms with van der Waals surface area (Å²) >= 11 is 0. The number of hydrogen-bond donors (Lipinski definition) is 1. The van der Waals surface area contributed by atoms with E-state index in [9.17, 15) is 4.79 Å². The highest BCUT2D eigenvalue weighted by Crippen LogP contribution is 2.18. The molecule has 0 radical (unpaired) electrons. The summed E-state index contributed by atoms with van der Waals surface area (Å²) in [4.78, 5) is 16.9. The summed E-state index contributed by atoms with van der Waals surface area (Å²) in [6.45, 7) is 8.58. The Labute approximate surface area is 128 Å². The molecule has 0 unspecified atom stereocenters. The summed E-state index contributed by atoms with van der Waals surface area (Å²) in [5, 5.41) is 3.32. The molecule has 1 aliphatic heterocycles. The van der Waals surface area contributed by atoms with Crippen molar-refractivity contribution in [3.8, 4) is 0 Å². The number of nitrogens with zero attached hydrogens (tertiary/aromatic N) is 2. The lowest BCUT2D eigenvalue weighted by Crippen LogP contribution is -2.39. The van der Waals surface area contributed by atoms with Crippen LogP contribution in [0.2, 0.25) is 0 Å². The molecule has 116 valence electrons. The minimum absolute atomic E-state index is 0.153. The lowest BCUT2D eigenvalue weighted by atomic mass is 10.0. The molecule has 0 spiro atoms. The van der Waals surface area contributed by atoms with E-state index in [-0.39, 0.29) is 5.91 Å². The molecule has 1 aromatic rings. The molecule has 0 fully saturated rings. The van der Waals surface area contributed by atoms with Crippen LogP contribution in [0.4, 0.5) is 0 Å². The maximum atomic E-state index is 12.8. The second-order valence-electron chi connectivity index (χ2n) is 6.54. The standard InChI is InChI=1S/C17H27N3O/c1-13(2)12-20(8-7-19(3)4)17(21)14-5-6-15-10-18-11-16(15)9-14/h5-6,9,13,18H,7-8,10-12H2,1-4H3. The molecule has 1 heterocycles. The molecule has 0 aliphatic carbocycles. The SMILES string of the molecule is CC(C)CN(CCN(C)C)C(=O)c1ccc2c(c1)CNC2. The number of likely N-dealkylation sites (N-methyl/N-ethyl adjacent to an activating group) is 1. The lowest BCUT2D eigenvalue weighted by molar-refractivity contribution is 0.0724. The molecule has 0 saturated heterocycles. The summed E-state index contributed by atoms with van der Waals surface area (Å²) in [5.41, 5.74) is 3.39. The third kappa shape index (κ3) is 4.29. The Morgan fingerprint density at radius 1 is 1.19 bits per heavy atom. The number of fused-ring (bicyclic) bond motifs is 1. The number of carbonyl (C=O) groups excluding carboxylic acids is 1. The number of benzene rings is 1. The highest BCUT2D eigenvalue weighted by atomic mass is 16.2. The molecule has 0 bridgehead atoms. The molecule has 1 amide bonds. The normalized spacial score (nSPS) is 13.8. The fraction of sp³-hybridized carbons (Fsp3) is 0.588. The van der Waals surface area contributed by atoms with Gasteiger partial charge in [-0.15, -0.1) is 0 Å². The van der Waals surface area contributed by atoms with Gasteiger partial charge in [0.05, 0.1) is 0 Å². The average molecular weight is 289 g/mol. The van der Waals surface area contributed by atoms with Crippen molar-refractivity contribution < 1.29 is 4.79 Å². The van der Waals surface area contributed by atoms with Crippen LogP contribution in [0.5, 0.6) is 0 Å². The first-order valence-electron chi connectivity index (χ1n) is 7.74. The Balaban J connectivity index is 2.12. The van der Waals surface area contributed by atoms with Gasteiger partial charge < -0.3 is 15.1 Å². The predicted molar refractivity (Wildman–Crippen MR) is 86.3 cm³/mol. The quantitative estimate of drug-likeness (QED) is 0.869. The zero-order chi connectivity index (χ0) is 15.4. The van der Waals surface area contributed by atoms with Gasteiger partial charge in [0.2, 0.25) is 0 Å². The molecule has 1 N–H and O–H groups in total. The van der Waals surface area contributed by atoms with Gasteiger partial charge in [0, 0.05) is 38.3 Å². The Morgan fingerprint density at radius 3 is 2.57 bits per heavy atom. The fourth-order valence-electron chi connectivity index (χ4n) is 2.65. The molecule has 0 aromatic heterocycles. The van der Waals surface area contributed by atoms with E-state index in [1.165, 1.54) is 11.1 Å². The van der Waals surface area contributed by atoms with Crippen LogP contribution in [0, 0.1) is 5.92 Å². The van der Waals surface area contributed by atoms with Gasteiger partial charge in [0.25, 0.3) is 5.91 Å². The van der Waals surface area contributed by atoms with Crippen LogP contribution >= 0.6 is 0 Å². The average Bonchev–Trinajstić information content (AvgIpc) is 2.89. The van der Waals surface area contributed by atoms with Crippen LogP contribution in [0.25, 0.3) is 0 Å².